The number of carbonyl (C=O) groups excluding carboxylic acids is 2. The summed E-state index contributed by atoms with van der Waals surface area (Å²) in [6.45, 7) is 0. The van der Waals surface area contributed by atoms with Crippen LogP contribution in [0.5, 0.6) is 0 Å². The number of nitrogens with one attached hydrogen (secondary N) is 2. The van der Waals surface area contributed by atoms with Crippen LogP contribution in [0.25, 0.3) is 0 Å². The summed E-state index contributed by atoms with van der Waals surface area (Å²) in [5, 5.41) is 5.19. The van der Waals surface area contributed by atoms with Crippen LogP contribution in [0.1, 0.15) is 10.4 Å². The summed E-state index contributed by atoms with van der Waals surface area (Å²) in [6.07, 6.45) is 0. The molecule has 0 aliphatic carbocycles. The van der Waals surface area contributed by atoms with Crippen LogP contribution < -0.4 is 10.6 Å². The minimum atomic E-state index is -0.228. The maximum atomic E-state index is 11.4. The van der Waals surface area contributed by atoms with E-state index in [4.69, 9.17) is 0 Å². The van der Waals surface area contributed by atoms with E-state index in [0.29, 0.717) is 11.3 Å². The van der Waals surface area contributed by atoms with Gasteiger partial charge in [-0.25, -0.2) is 4.79 Å². The molecule has 0 unspecified atom stereocenters. The van der Waals surface area contributed by atoms with Gasteiger partial charge in [0, 0.05) is 32.4 Å². The number of urea groups is 1. The summed E-state index contributed by atoms with van der Waals surface area (Å²) in [5.74, 6) is -0.180. The molecule has 5 heteroatoms. The molecule has 2 N–H and O–H groups in total. The van der Waals surface area contributed by atoms with E-state index in [1.807, 2.05) is 0 Å². The predicted molar refractivity (Wildman–Crippen MR) is 62.5 cm³/mol. The van der Waals surface area contributed by atoms with Gasteiger partial charge in [-0.15, -0.1) is 0 Å². The number of anilines is 1. The molecular formula is C11H15N3O2. The van der Waals surface area contributed by atoms with E-state index in [-0.39, 0.29) is 11.9 Å². The Morgan fingerprint density at radius 2 is 1.94 bits per heavy atom. The highest BCUT2D eigenvalue weighted by atomic mass is 16.2. The molecule has 86 valence electrons. The van der Waals surface area contributed by atoms with Gasteiger partial charge in [-0.05, 0) is 18.2 Å². The smallest absolute Gasteiger partial charge is 0.321 e. The molecule has 0 saturated carbocycles. The first kappa shape index (κ1) is 12.0. The van der Waals surface area contributed by atoms with Crippen molar-refractivity contribution >= 4 is 17.6 Å². The SMILES string of the molecule is CNC(=O)c1cccc(NC(=O)N(C)C)c1. The summed E-state index contributed by atoms with van der Waals surface area (Å²) in [6, 6.07) is 6.53. The number of amides is 3. The summed E-state index contributed by atoms with van der Waals surface area (Å²) in [5.41, 5.74) is 1.11. The van der Waals surface area contributed by atoms with Crippen molar-refractivity contribution in [2.24, 2.45) is 0 Å². The van der Waals surface area contributed by atoms with E-state index in [1.165, 1.54) is 4.90 Å². The minimum Gasteiger partial charge on any atom is -0.355 e. The van der Waals surface area contributed by atoms with Gasteiger partial charge < -0.3 is 15.5 Å². The van der Waals surface area contributed by atoms with E-state index in [1.54, 1.807) is 45.4 Å². The summed E-state index contributed by atoms with van der Waals surface area (Å²) in [7, 11) is 4.86. The molecule has 1 rings (SSSR count). The monoisotopic (exact) mass is 221 g/mol. The zero-order valence-electron chi connectivity index (χ0n) is 9.57. The van der Waals surface area contributed by atoms with Crippen LogP contribution in [0.15, 0.2) is 24.3 Å². The fraction of sp³-hybridized carbons (Fsp3) is 0.273. The van der Waals surface area contributed by atoms with Crippen LogP contribution in [-0.4, -0.2) is 38.0 Å². The number of hydrogen-bond donors (Lipinski definition) is 2. The fourth-order valence-electron chi connectivity index (χ4n) is 1.12. The molecule has 0 saturated heterocycles. The first-order valence-corrected chi connectivity index (χ1v) is 4.85. The fourth-order valence-corrected chi connectivity index (χ4v) is 1.12. The number of benzene rings is 1. The average molecular weight is 221 g/mol. The Balaban J connectivity index is 2.83. The van der Waals surface area contributed by atoms with Gasteiger partial charge in [0.2, 0.25) is 0 Å². The molecule has 5 nitrogen and oxygen atoms in total. The maximum absolute atomic E-state index is 11.4. The minimum absolute atomic E-state index is 0.180. The molecule has 0 aliphatic rings. The van der Waals surface area contributed by atoms with Gasteiger partial charge in [0.25, 0.3) is 5.91 Å². The summed E-state index contributed by atoms with van der Waals surface area (Å²) >= 11 is 0. The van der Waals surface area contributed by atoms with E-state index >= 15 is 0 Å². The second-order valence-corrected chi connectivity index (χ2v) is 3.48. The van der Waals surface area contributed by atoms with Crippen LogP contribution >= 0.6 is 0 Å². The van der Waals surface area contributed by atoms with Gasteiger partial charge in [-0.1, -0.05) is 6.07 Å². The molecule has 3 amide bonds. The lowest BCUT2D eigenvalue weighted by Crippen LogP contribution is -2.27. The molecule has 0 aliphatic heterocycles. The molecule has 0 bridgehead atoms. The van der Waals surface area contributed by atoms with Crippen LogP contribution in [0, 0.1) is 0 Å². The lowest BCUT2D eigenvalue weighted by molar-refractivity contribution is 0.0963. The van der Waals surface area contributed by atoms with Crippen molar-refractivity contribution in [2.45, 2.75) is 0 Å². The summed E-state index contributed by atoms with van der Waals surface area (Å²) < 4.78 is 0. The van der Waals surface area contributed by atoms with Crippen molar-refractivity contribution in [3.8, 4) is 0 Å². The molecule has 0 radical (unpaired) electrons. The third-order valence-electron chi connectivity index (χ3n) is 2.01. The molecule has 0 aromatic heterocycles. The molecule has 1 aromatic rings. The normalized spacial score (nSPS) is 9.44. The van der Waals surface area contributed by atoms with E-state index < -0.39 is 0 Å². The third kappa shape index (κ3) is 2.98. The third-order valence-corrected chi connectivity index (χ3v) is 2.01. The largest absolute Gasteiger partial charge is 0.355 e. The maximum Gasteiger partial charge on any atom is 0.321 e. The van der Waals surface area contributed by atoms with Crippen molar-refractivity contribution < 1.29 is 9.59 Å². The standard InChI is InChI=1S/C11H15N3O2/c1-12-10(15)8-5-4-6-9(7-8)13-11(16)14(2)3/h4-7H,1-3H3,(H,12,15)(H,13,16). The quantitative estimate of drug-likeness (QED) is 0.786. The molecule has 0 heterocycles. The van der Waals surface area contributed by atoms with Crippen molar-refractivity contribution in [3.63, 3.8) is 0 Å². The van der Waals surface area contributed by atoms with Gasteiger partial charge in [-0.3, -0.25) is 4.79 Å². The van der Waals surface area contributed by atoms with Crippen LogP contribution in [0.2, 0.25) is 0 Å². The molecule has 0 spiro atoms. The van der Waals surface area contributed by atoms with Crippen LogP contribution in [0.3, 0.4) is 0 Å². The highest BCUT2D eigenvalue weighted by molar-refractivity contribution is 5.96. The number of hydrogen-bond acceptors (Lipinski definition) is 2. The van der Waals surface area contributed by atoms with Crippen LogP contribution in [0.4, 0.5) is 10.5 Å². The number of rotatable bonds is 2. The second-order valence-electron chi connectivity index (χ2n) is 3.48. The molecule has 1 aromatic carbocycles. The topological polar surface area (TPSA) is 61.4 Å². The average Bonchev–Trinajstić information content (AvgIpc) is 2.28. The Hall–Kier alpha value is -2.04. The highest BCUT2D eigenvalue weighted by Gasteiger charge is 2.06. The van der Waals surface area contributed by atoms with Crippen molar-refractivity contribution in [1.82, 2.24) is 10.2 Å². The first-order chi connectivity index (χ1) is 7.54. The van der Waals surface area contributed by atoms with Gasteiger partial charge in [0.1, 0.15) is 0 Å². The Labute approximate surface area is 94.4 Å². The van der Waals surface area contributed by atoms with Crippen molar-refractivity contribution in [3.05, 3.63) is 29.8 Å². The van der Waals surface area contributed by atoms with Crippen molar-refractivity contribution in [1.29, 1.82) is 0 Å². The summed E-state index contributed by atoms with van der Waals surface area (Å²) in [4.78, 5) is 24.2. The van der Waals surface area contributed by atoms with E-state index in [0.717, 1.165) is 0 Å². The molecule has 16 heavy (non-hydrogen) atoms. The lowest BCUT2D eigenvalue weighted by Gasteiger charge is -2.12. The van der Waals surface area contributed by atoms with Gasteiger partial charge >= 0.3 is 6.03 Å². The Morgan fingerprint density at radius 1 is 1.25 bits per heavy atom. The number of carbonyl (C=O) groups is 2. The molecule has 0 atom stereocenters. The highest BCUT2D eigenvalue weighted by Crippen LogP contribution is 2.10. The lowest BCUT2D eigenvalue weighted by atomic mass is 10.2. The van der Waals surface area contributed by atoms with E-state index in [9.17, 15) is 9.59 Å². The van der Waals surface area contributed by atoms with Crippen LogP contribution in [-0.2, 0) is 0 Å². The first-order valence-electron chi connectivity index (χ1n) is 4.85. The molecular weight excluding hydrogens is 206 g/mol. The van der Waals surface area contributed by atoms with Gasteiger partial charge in [0.05, 0.1) is 0 Å². The van der Waals surface area contributed by atoms with Gasteiger partial charge in [0.15, 0.2) is 0 Å². The Morgan fingerprint density at radius 3 is 2.50 bits per heavy atom. The Kier molecular flexibility index (Phi) is 3.88. The number of nitrogens with zero attached hydrogens (tertiary/aromatic N) is 1. The zero-order chi connectivity index (χ0) is 12.1. The molecule has 0 fully saturated rings. The Bertz CT molecular complexity index is 402. The van der Waals surface area contributed by atoms with Gasteiger partial charge in [-0.2, -0.15) is 0 Å². The second kappa shape index (κ2) is 5.16. The predicted octanol–water partition coefficient (Wildman–Crippen LogP) is 1.14. The van der Waals surface area contributed by atoms with E-state index in [2.05, 4.69) is 10.6 Å². The van der Waals surface area contributed by atoms with Crippen molar-refractivity contribution in [2.75, 3.05) is 26.5 Å². The zero-order valence-corrected chi connectivity index (χ0v) is 9.57.